The van der Waals surface area contributed by atoms with E-state index >= 15 is 0 Å². The van der Waals surface area contributed by atoms with Crippen LogP contribution in [-0.2, 0) is 6.54 Å². The van der Waals surface area contributed by atoms with Crippen molar-refractivity contribution < 1.29 is 4.92 Å². The molecule has 0 aliphatic carbocycles. The van der Waals surface area contributed by atoms with Gasteiger partial charge in [0, 0.05) is 19.2 Å². The van der Waals surface area contributed by atoms with Crippen molar-refractivity contribution in [3.8, 4) is 0 Å². The van der Waals surface area contributed by atoms with Gasteiger partial charge in [0.1, 0.15) is 5.69 Å². The molecule has 1 aromatic rings. The van der Waals surface area contributed by atoms with Gasteiger partial charge in [0.05, 0.1) is 4.92 Å². The highest BCUT2D eigenvalue weighted by Crippen LogP contribution is 2.27. The normalized spacial score (nSPS) is 20.4. The molecule has 0 aromatic heterocycles. The van der Waals surface area contributed by atoms with Crippen molar-refractivity contribution in [2.24, 2.45) is 5.92 Å². The molecule has 5 heteroatoms. The monoisotopic (exact) mass is 263 g/mol. The van der Waals surface area contributed by atoms with Gasteiger partial charge in [-0.2, -0.15) is 0 Å². The highest BCUT2D eigenvalue weighted by Gasteiger charge is 2.21. The van der Waals surface area contributed by atoms with Gasteiger partial charge in [0.15, 0.2) is 0 Å². The van der Waals surface area contributed by atoms with Crippen molar-refractivity contribution in [2.45, 2.75) is 32.7 Å². The van der Waals surface area contributed by atoms with Crippen LogP contribution in [0.5, 0.6) is 0 Å². The number of piperidine rings is 1. The van der Waals surface area contributed by atoms with Gasteiger partial charge in [0.25, 0.3) is 5.69 Å². The molecule has 0 bridgehead atoms. The largest absolute Gasteiger partial charge is 0.393 e. The van der Waals surface area contributed by atoms with Crippen LogP contribution in [0.25, 0.3) is 0 Å². The molecule has 0 spiro atoms. The Labute approximate surface area is 113 Å². The van der Waals surface area contributed by atoms with Crippen molar-refractivity contribution in [2.75, 3.05) is 18.8 Å². The molecule has 1 aromatic carbocycles. The van der Waals surface area contributed by atoms with Crippen molar-refractivity contribution in [3.05, 3.63) is 33.9 Å². The third-order valence-corrected chi connectivity index (χ3v) is 3.94. The third kappa shape index (κ3) is 3.23. The second kappa shape index (κ2) is 6.02. The number of likely N-dealkylation sites (tertiary alicyclic amines) is 1. The molecule has 0 amide bonds. The zero-order valence-corrected chi connectivity index (χ0v) is 11.3. The van der Waals surface area contributed by atoms with Crippen LogP contribution in [0.3, 0.4) is 0 Å². The predicted octanol–water partition coefficient (Wildman–Crippen LogP) is 2.80. The Bertz CT molecular complexity index is 462. The second-order valence-corrected chi connectivity index (χ2v) is 5.26. The maximum atomic E-state index is 10.9. The molecule has 19 heavy (non-hydrogen) atoms. The van der Waals surface area contributed by atoms with E-state index in [1.165, 1.54) is 25.3 Å². The number of anilines is 1. The fourth-order valence-electron chi connectivity index (χ4n) is 2.77. The minimum absolute atomic E-state index is 0.0153. The average molecular weight is 263 g/mol. The number of rotatable bonds is 4. The van der Waals surface area contributed by atoms with Crippen LogP contribution in [0.4, 0.5) is 11.4 Å². The lowest BCUT2D eigenvalue weighted by molar-refractivity contribution is -0.384. The van der Waals surface area contributed by atoms with Gasteiger partial charge in [-0.3, -0.25) is 15.0 Å². The number of nitrogens with two attached hydrogens (primary N) is 1. The highest BCUT2D eigenvalue weighted by atomic mass is 16.6. The third-order valence-electron chi connectivity index (χ3n) is 3.94. The topological polar surface area (TPSA) is 72.4 Å². The zero-order chi connectivity index (χ0) is 13.8. The van der Waals surface area contributed by atoms with E-state index in [1.807, 2.05) is 6.07 Å². The maximum absolute atomic E-state index is 10.9. The van der Waals surface area contributed by atoms with E-state index in [0.29, 0.717) is 12.2 Å². The molecule has 1 unspecified atom stereocenters. The summed E-state index contributed by atoms with van der Waals surface area (Å²) in [4.78, 5) is 12.8. The van der Waals surface area contributed by atoms with Gasteiger partial charge >= 0.3 is 0 Å². The summed E-state index contributed by atoms with van der Waals surface area (Å²) in [6, 6.07) is 5.06. The number of hydrogen-bond acceptors (Lipinski definition) is 4. The molecule has 1 saturated heterocycles. The first-order valence-electron chi connectivity index (χ1n) is 6.86. The van der Waals surface area contributed by atoms with Gasteiger partial charge < -0.3 is 5.73 Å². The Morgan fingerprint density at radius 3 is 3.00 bits per heavy atom. The zero-order valence-electron chi connectivity index (χ0n) is 11.3. The number of hydrogen-bond donors (Lipinski definition) is 1. The van der Waals surface area contributed by atoms with Crippen LogP contribution in [-0.4, -0.2) is 22.9 Å². The van der Waals surface area contributed by atoms with Crippen LogP contribution in [0.1, 0.15) is 31.7 Å². The van der Waals surface area contributed by atoms with Gasteiger partial charge in [-0.1, -0.05) is 25.5 Å². The van der Waals surface area contributed by atoms with E-state index in [1.54, 1.807) is 6.07 Å². The minimum Gasteiger partial charge on any atom is -0.393 e. The molecule has 1 fully saturated rings. The Morgan fingerprint density at radius 1 is 1.53 bits per heavy atom. The molecule has 1 aliphatic rings. The van der Waals surface area contributed by atoms with Crippen molar-refractivity contribution in [1.82, 2.24) is 4.90 Å². The molecule has 5 nitrogen and oxygen atoms in total. The summed E-state index contributed by atoms with van der Waals surface area (Å²) >= 11 is 0. The minimum atomic E-state index is -0.413. The molecular formula is C14H21N3O2. The highest BCUT2D eigenvalue weighted by molar-refractivity contribution is 5.62. The summed E-state index contributed by atoms with van der Waals surface area (Å²) < 4.78 is 0. The summed E-state index contributed by atoms with van der Waals surface area (Å²) in [5, 5.41) is 10.9. The average Bonchev–Trinajstić information content (AvgIpc) is 2.41. The molecule has 2 rings (SSSR count). The van der Waals surface area contributed by atoms with Crippen LogP contribution >= 0.6 is 0 Å². The Morgan fingerprint density at radius 2 is 2.32 bits per heavy atom. The van der Waals surface area contributed by atoms with E-state index in [4.69, 9.17) is 5.73 Å². The van der Waals surface area contributed by atoms with Gasteiger partial charge in [0.2, 0.25) is 0 Å². The SMILES string of the molecule is CCC1CCCN(Cc2cccc([N+](=O)[O-])c2N)C1. The van der Waals surface area contributed by atoms with E-state index in [2.05, 4.69) is 11.8 Å². The lowest BCUT2D eigenvalue weighted by atomic mass is 9.95. The van der Waals surface area contributed by atoms with Gasteiger partial charge in [-0.15, -0.1) is 0 Å². The van der Waals surface area contributed by atoms with E-state index in [0.717, 1.165) is 24.6 Å². The molecule has 1 aliphatic heterocycles. The molecule has 1 heterocycles. The Kier molecular flexibility index (Phi) is 4.37. The van der Waals surface area contributed by atoms with Crippen molar-refractivity contribution in [1.29, 1.82) is 0 Å². The van der Waals surface area contributed by atoms with Crippen LogP contribution in [0, 0.1) is 16.0 Å². The van der Waals surface area contributed by atoms with E-state index < -0.39 is 4.92 Å². The summed E-state index contributed by atoms with van der Waals surface area (Å²) in [6.45, 7) is 5.05. The smallest absolute Gasteiger partial charge is 0.292 e. The molecule has 0 saturated carbocycles. The van der Waals surface area contributed by atoms with E-state index in [-0.39, 0.29) is 5.69 Å². The van der Waals surface area contributed by atoms with Gasteiger partial charge in [-0.25, -0.2) is 0 Å². The van der Waals surface area contributed by atoms with E-state index in [9.17, 15) is 10.1 Å². The summed E-state index contributed by atoms with van der Waals surface area (Å²) in [6.07, 6.45) is 3.69. The molecule has 0 radical (unpaired) electrons. The molecular weight excluding hydrogens is 242 g/mol. The predicted molar refractivity (Wildman–Crippen MR) is 75.8 cm³/mol. The second-order valence-electron chi connectivity index (χ2n) is 5.26. The van der Waals surface area contributed by atoms with Gasteiger partial charge in [-0.05, 0) is 30.9 Å². The first-order chi connectivity index (χ1) is 9.11. The number of benzene rings is 1. The van der Waals surface area contributed by atoms with Crippen LogP contribution in [0.2, 0.25) is 0 Å². The first-order valence-corrected chi connectivity index (χ1v) is 6.86. The summed E-state index contributed by atoms with van der Waals surface area (Å²) in [7, 11) is 0. The fraction of sp³-hybridized carbons (Fsp3) is 0.571. The maximum Gasteiger partial charge on any atom is 0.292 e. The summed E-state index contributed by atoms with van der Waals surface area (Å²) in [5.41, 5.74) is 7.09. The fourth-order valence-corrected chi connectivity index (χ4v) is 2.77. The van der Waals surface area contributed by atoms with Crippen molar-refractivity contribution in [3.63, 3.8) is 0 Å². The standard InChI is InChI=1S/C14H21N3O2/c1-2-11-5-4-8-16(9-11)10-12-6-3-7-13(14(12)15)17(18)19/h3,6-7,11H,2,4-5,8-10,15H2,1H3. The number of nitrogen functional groups attached to an aromatic ring is 1. The Balaban J connectivity index is 2.10. The quantitative estimate of drug-likeness (QED) is 0.515. The molecule has 2 N–H and O–H groups in total. The van der Waals surface area contributed by atoms with Crippen LogP contribution in [0.15, 0.2) is 18.2 Å². The number of nitro benzene ring substituents is 1. The van der Waals surface area contributed by atoms with Crippen molar-refractivity contribution >= 4 is 11.4 Å². The van der Waals surface area contributed by atoms with Crippen LogP contribution < -0.4 is 5.73 Å². The lowest BCUT2D eigenvalue weighted by Crippen LogP contribution is -2.34. The number of para-hydroxylation sites is 1. The molecule has 104 valence electrons. The Hall–Kier alpha value is -1.62. The number of nitrogens with zero attached hydrogens (tertiary/aromatic N) is 2. The lowest BCUT2D eigenvalue weighted by Gasteiger charge is -2.32. The first kappa shape index (κ1) is 13.8. The summed E-state index contributed by atoms with van der Waals surface area (Å²) in [5.74, 6) is 0.744. The molecule has 1 atom stereocenters. The number of nitro groups is 1.